The Morgan fingerprint density at radius 1 is 1.18 bits per heavy atom. The van der Waals surface area contributed by atoms with Gasteiger partial charge >= 0.3 is 5.97 Å². The molecule has 144 valence electrons. The second-order valence-corrected chi connectivity index (χ2v) is 7.09. The number of aromatic nitrogens is 3. The SMILES string of the molecule is O=C(c1cnc2cccnn12)N1CC[C@@H](O)[C@](Cc2ccccc2)(C(=O)O)C1. The maximum atomic E-state index is 13.1. The van der Waals surface area contributed by atoms with Gasteiger partial charge in [0.1, 0.15) is 5.41 Å². The van der Waals surface area contributed by atoms with Crippen molar-refractivity contribution in [2.75, 3.05) is 13.1 Å². The highest BCUT2D eigenvalue weighted by atomic mass is 16.4. The minimum Gasteiger partial charge on any atom is -0.481 e. The van der Waals surface area contributed by atoms with Gasteiger partial charge in [-0.05, 0) is 30.5 Å². The summed E-state index contributed by atoms with van der Waals surface area (Å²) in [5.41, 5.74) is 0.140. The number of benzene rings is 1. The first-order chi connectivity index (χ1) is 13.5. The predicted octanol–water partition coefficient (Wildman–Crippen LogP) is 1.25. The second kappa shape index (κ2) is 7.05. The maximum absolute atomic E-state index is 13.1. The average Bonchev–Trinajstić information content (AvgIpc) is 3.14. The van der Waals surface area contributed by atoms with E-state index in [4.69, 9.17) is 0 Å². The van der Waals surface area contributed by atoms with Crippen molar-refractivity contribution in [1.82, 2.24) is 19.5 Å². The van der Waals surface area contributed by atoms with Crippen LogP contribution in [0.2, 0.25) is 0 Å². The van der Waals surface area contributed by atoms with E-state index in [1.165, 1.54) is 15.6 Å². The monoisotopic (exact) mass is 380 g/mol. The molecule has 28 heavy (non-hydrogen) atoms. The maximum Gasteiger partial charge on any atom is 0.314 e. The lowest BCUT2D eigenvalue weighted by molar-refractivity contribution is -0.161. The van der Waals surface area contributed by atoms with Crippen LogP contribution in [0, 0.1) is 5.41 Å². The number of carbonyl (C=O) groups is 2. The number of imidazole rings is 1. The first-order valence-electron chi connectivity index (χ1n) is 9.05. The highest BCUT2D eigenvalue weighted by Gasteiger charge is 2.50. The quantitative estimate of drug-likeness (QED) is 0.705. The van der Waals surface area contributed by atoms with Crippen LogP contribution in [0.4, 0.5) is 0 Å². The van der Waals surface area contributed by atoms with Crippen molar-refractivity contribution in [3.8, 4) is 0 Å². The van der Waals surface area contributed by atoms with E-state index in [1.807, 2.05) is 30.3 Å². The Kier molecular flexibility index (Phi) is 4.56. The normalized spacial score (nSPS) is 22.3. The summed E-state index contributed by atoms with van der Waals surface area (Å²) in [5, 5.41) is 24.8. The minimum absolute atomic E-state index is 0.0860. The number of hydrogen-bond donors (Lipinski definition) is 2. The molecule has 2 N–H and O–H groups in total. The smallest absolute Gasteiger partial charge is 0.314 e. The lowest BCUT2D eigenvalue weighted by atomic mass is 9.72. The zero-order valence-electron chi connectivity index (χ0n) is 15.1. The first-order valence-corrected chi connectivity index (χ1v) is 9.05. The predicted molar refractivity (Wildman–Crippen MR) is 99.7 cm³/mol. The molecule has 2 aromatic heterocycles. The molecule has 2 atom stereocenters. The van der Waals surface area contributed by atoms with Crippen LogP contribution in [0.15, 0.2) is 54.9 Å². The number of likely N-dealkylation sites (tertiary alicyclic amines) is 1. The molecule has 3 heterocycles. The lowest BCUT2D eigenvalue weighted by Gasteiger charge is -2.43. The number of aliphatic hydroxyl groups excluding tert-OH is 1. The molecule has 0 saturated carbocycles. The highest BCUT2D eigenvalue weighted by molar-refractivity contribution is 5.93. The molecule has 1 aromatic carbocycles. The third-order valence-corrected chi connectivity index (χ3v) is 5.36. The molecular weight excluding hydrogens is 360 g/mol. The van der Waals surface area contributed by atoms with Gasteiger partial charge in [-0.1, -0.05) is 30.3 Å². The molecule has 1 aliphatic heterocycles. The Morgan fingerprint density at radius 3 is 2.71 bits per heavy atom. The van der Waals surface area contributed by atoms with Crippen LogP contribution >= 0.6 is 0 Å². The summed E-state index contributed by atoms with van der Waals surface area (Å²) in [5.74, 6) is -1.46. The first kappa shape index (κ1) is 18.1. The van der Waals surface area contributed by atoms with Crippen LogP contribution in [0.1, 0.15) is 22.5 Å². The van der Waals surface area contributed by atoms with Gasteiger partial charge in [0.05, 0.1) is 12.3 Å². The van der Waals surface area contributed by atoms with Gasteiger partial charge in [-0.2, -0.15) is 5.10 Å². The number of carboxylic acid groups (broad SMARTS) is 1. The molecule has 3 aromatic rings. The number of piperidine rings is 1. The van der Waals surface area contributed by atoms with Crippen molar-refractivity contribution in [3.05, 3.63) is 66.1 Å². The molecule has 8 heteroatoms. The van der Waals surface area contributed by atoms with E-state index < -0.39 is 17.5 Å². The molecule has 1 saturated heterocycles. The van der Waals surface area contributed by atoms with E-state index in [0.29, 0.717) is 5.65 Å². The summed E-state index contributed by atoms with van der Waals surface area (Å²) >= 11 is 0. The third kappa shape index (κ3) is 3.01. The molecule has 8 nitrogen and oxygen atoms in total. The van der Waals surface area contributed by atoms with Crippen LogP contribution in [0.25, 0.3) is 5.65 Å². The van der Waals surface area contributed by atoms with Gasteiger partial charge in [-0.25, -0.2) is 9.50 Å². The number of carbonyl (C=O) groups excluding carboxylic acids is 1. The molecule has 0 unspecified atom stereocenters. The van der Waals surface area contributed by atoms with Crippen molar-refractivity contribution >= 4 is 17.5 Å². The van der Waals surface area contributed by atoms with Crippen molar-refractivity contribution in [1.29, 1.82) is 0 Å². The number of hydrogen-bond acceptors (Lipinski definition) is 5. The summed E-state index contributed by atoms with van der Waals surface area (Å²) in [6.45, 7) is 0.182. The lowest BCUT2D eigenvalue weighted by Crippen LogP contribution is -2.58. The number of rotatable bonds is 4. The van der Waals surface area contributed by atoms with Gasteiger partial charge in [-0.15, -0.1) is 0 Å². The van der Waals surface area contributed by atoms with E-state index in [1.54, 1.807) is 18.3 Å². The van der Waals surface area contributed by atoms with Gasteiger partial charge in [-0.3, -0.25) is 9.59 Å². The highest BCUT2D eigenvalue weighted by Crippen LogP contribution is 2.35. The van der Waals surface area contributed by atoms with Crippen LogP contribution in [-0.2, 0) is 11.2 Å². The van der Waals surface area contributed by atoms with Crippen LogP contribution in [0.3, 0.4) is 0 Å². The van der Waals surface area contributed by atoms with E-state index in [-0.39, 0.29) is 37.5 Å². The average molecular weight is 380 g/mol. The molecule has 0 radical (unpaired) electrons. The molecule has 4 rings (SSSR count). The molecular formula is C20H20N4O4. The molecule has 1 amide bonds. The number of fused-ring (bicyclic) bond motifs is 1. The number of aliphatic carboxylic acids is 1. The Labute approximate surface area is 161 Å². The third-order valence-electron chi connectivity index (χ3n) is 5.36. The van der Waals surface area contributed by atoms with Crippen LogP contribution in [-0.4, -0.2) is 60.8 Å². The topological polar surface area (TPSA) is 108 Å². The van der Waals surface area contributed by atoms with Gasteiger partial charge in [0.25, 0.3) is 5.91 Å². The summed E-state index contributed by atoms with van der Waals surface area (Å²) in [6.07, 6.45) is 2.28. The minimum atomic E-state index is -1.47. The van der Waals surface area contributed by atoms with Gasteiger partial charge < -0.3 is 15.1 Å². The van der Waals surface area contributed by atoms with E-state index in [2.05, 4.69) is 10.1 Å². The van der Waals surface area contributed by atoms with Crippen molar-refractivity contribution < 1.29 is 19.8 Å². The Balaban J connectivity index is 1.66. The van der Waals surface area contributed by atoms with E-state index >= 15 is 0 Å². The summed E-state index contributed by atoms with van der Waals surface area (Å²) in [6, 6.07) is 12.6. The number of aliphatic hydroxyl groups is 1. The Bertz CT molecular complexity index is 1020. The molecule has 0 aliphatic carbocycles. The fourth-order valence-corrected chi connectivity index (χ4v) is 3.81. The Hall–Kier alpha value is -3.26. The number of amides is 1. The molecule has 0 bridgehead atoms. The molecule has 1 aliphatic rings. The summed E-state index contributed by atoms with van der Waals surface area (Å²) in [7, 11) is 0. The van der Waals surface area contributed by atoms with Gasteiger partial charge in [0.2, 0.25) is 0 Å². The second-order valence-electron chi connectivity index (χ2n) is 7.09. The zero-order valence-corrected chi connectivity index (χ0v) is 15.1. The summed E-state index contributed by atoms with van der Waals surface area (Å²) in [4.78, 5) is 31.0. The molecule has 0 spiro atoms. The summed E-state index contributed by atoms with van der Waals surface area (Å²) < 4.78 is 1.44. The van der Waals surface area contributed by atoms with Crippen molar-refractivity contribution in [3.63, 3.8) is 0 Å². The number of carboxylic acids is 1. The van der Waals surface area contributed by atoms with Crippen LogP contribution in [0.5, 0.6) is 0 Å². The van der Waals surface area contributed by atoms with Crippen molar-refractivity contribution in [2.45, 2.75) is 18.9 Å². The Morgan fingerprint density at radius 2 is 1.96 bits per heavy atom. The fraction of sp³-hybridized carbons (Fsp3) is 0.300. The largest absolute Gasteiger partial charge is 0.481 e. The standard InChI is InChI=1S/C20H20N4O4/c25-16-8-10-23(18(26)15-12-21-17-7-4-9-22-24(15)17)13-20(16,19(27)28)11-14-5-2-1-3-6-14/h1-7,9,12,16,25H,8,10-11,13H2,(H,27,28)/t16-,20-/m1/s1. The molecule has 1 fully saturated rings. The van der Waals surface area contributed by atoms with E-state index in [9.17, 15) is 19.8 Å². The van der Waals surface area contributed by atoms with Crippen LogP contribution < -0.4 is 0 Å². The van der Waals surface area contributed by atoms with Gasteiger partial charge in [0.15, 0.2) is 11.3 Å². The zero-order chi connectivity index (χ0) is 19.7. The van der Waals surface area contributed by atoms with Gasteiger partial charge in [0, 0.05) is 19.3 Å². The van der Waals surface area contributed by atoms with Crippen molar-refractivity contribution in [2.24, 2.45) is 5.41 Å². The van der Waals surface area contributed by atoms with E-state index in [0.717, 1.165) is 5.56 Å². The number of nitrogens with zero attached hydrogens (tertiary/aromatic N) is 4. The fourth-order valence-electron chi connectivity index (χ4n) is 3.81.